The van der Waals surface area contributed by atoms with Gasteiger partial charge in [-0.1, -0.05) is 11.6 Å². The van der Waals surface area contributed by atoms with E-state index in [0.29, 0.717) is 16.7 Å². The van der Waals surface area contributed by atoms with E-state index in [4.69, 9.17) is 16.3 Å². The summed E-state index contributed by atoms with van der Waals surface area (Å²) in [7, 11) is 3.43. The molecule has 0 fully saturated rings. The molecule has 3 N–H and O–H groups in total. The van der Waals surface area contributed by atoms with Crippen LogP contribution in [0.3, 0.4) is 0 Å². The number of nitrogens with one attached hydrogen (secondary N) is 3. The maximum atomic E-state index is 15.0. The summed E-state index contributed by atoms with van der Waals surface area (Å²) in [5, 5.41) is 17.1. The van der Waals surface area contributed by atoms with Gasteiger partial charge in [-0.15, -0.1) is 0 Å². The number of rotatable bonds is 6. The third-order valence-electron chi connectivity index (χ3n) is 5.32. The van der Waals surface area contributed by atoms with Crippen molar-refractivity contribution in [2.24, 2.45) is 4.99 Å². The molecule has 1 aliphatic rings. The summed E-state index contributed by atoms with van der Waals surface area (Å²) in [6.07, 6.45) is 0.781. The minimum absolute atomic E-state index is 0.0130. The Bertz CT molecular complexity index is 1260. The number of aliphatic imine (C=N–C) groups is 1. The number of fused-ring (bicyclic) bond motifs is 1. The SMILES string of the molecule is CC(C)NC(=O)COc1cc(F)c(C2N=C(Nc3ccc4[nH]ncc4c3Cl)N(C)N2C)cc1F. The van der Waals surface area contributed by atoms with Crippen LogP contribution in [0.1, 0.15) is 25.6 Å². The lowest BCUT2D eigenvalue weighted by atomic mass is 10.1. The van der Waals surface area contributed by atoms with Crippen molar-refractivity contribution in [3.63, 3.8) is 0 Å². The van der Waals surface area contributed by atoms with Crippen LogP contribution >= 0.6 is 11.6 Å². The van der Waals surface area contributed by atoms with Crippen molar-refractivity contribution in [2.75, 3.05) is 26.0 Å². The molecule has 0 spiro atoms. The first kappa shape index (κ1) is 23.7. The smallest absolute Gasteiger partial charge is 0.258 e. The van der Waals surface area contributed by atoms with Crippen LogP contribution in [0.4, 0.5) is 14.5 Å². The minimum atomic E-state index is -0.836. The molecule has 9 nitrogen and oxygen atoms in total. The van der Waals surface area contributed by atoms with Crippen molar-refractivity contribution in [3.8, 4) is 5.75 Å². The molecule has 0 bridgehead atoms. The van der Waals surface area contributed by atoms with Gasteiger partial charge in [0.25, 0.3) is 5.91 Å². The molecule has 1 aliphatic heterocycles. The first-order valence-electron chi connectivity index (χ1n) is 10.5. The average molecular weight is 492 g/mol. The molecule has 12 heteroatoms. The third kappa shape index (κ3) is 4.62. The van der Waals surface area contributed by atoms with Gasteiger partial charge in [-0.05, 0) is 32.0 Å². The summed E-state index contributed by atoms with van der Waals surface area (Å²) >= 11 is 6.48. The van der Waals surface area contributed by atoms with E-state index in [1.165, 1.54) is 0 Å². The van der Waals surface area contributed by atoms with Crippen LogP contribution in [0.2, 0.25) is 5.02 Å². The van der Waals surface area contributed by atoms with Crippen molar-refractivity contribution >= 4 is 40.1 Å². The topological polar surface area (TPSA) is 97.9 Å². The number of hydrazine groups is 1. The number of guanidine groups is 1. The summed E-state index contributed by atoms with van der Waals surface area (Å²) in [5.41, 5.74) is 1.39. The van der Waals surface area contributed by atoms with Gasteiger partial charge in [0.1, 0.15) is 5.82 Å². The predicted molar refractivity (Wildman–Crippen MR) is 126 cm³/mol. The zero-order valence-corrected chi connectivity index (χ0v) is 19.7. The highest BCUT2D eigenvalue weighted by Gasteiger charge is 2.33. The quantitative estimate of drug-likeness (QED) is 0.487. The Morgan fingerprint density at radius 2 is 2.03 bits per heavy atom. The second-order valence-electron chi connectivity index (χ2n) is 8.12. The van der Waals surface area contributed by atoms with Gasteiger partial charge in [-0.25, -0.2) is 13.8 Å². The lowest BCUT2D eigenvalue weighted by molar-refractivity contribution is -0.123. The predicted octanol–water partition coefficient (Wildman–Crippen LogP) is 3.66. The van der Waals surface area contributed by atoms with Gasteiger partial charge in [0, 0.05) is 37.2 Å². The lowest BCUT2D eigenvalue weighted by Gasteiger charge is -2.27. The first-order chi connectivity index (χ1) is 16.2. The number of aromatic nitrogens is 2. The van der Waals surface area contributed by atoms with E-state index in [9.17, 15) is 13.6 Å². The number of amides is 1. The van der Waals surface area contributed by atoms with Crippen LogP contribution in [0.25, 0.3) is 10.9 Å². The van der Waals surface area contributed by atoms with Gasteiger partial charge in [-0.3, -0.25) is 14.9 Å². The number of hydrogen-bond acceptors (Lipinski definition) is 7. The van der Waals surface area contributed by atoms with E-state index >= 15 is 0 Å². The maximum absolute atomic E-state index is 15.0. The standard InChI is InChI=1S/C22H24ClF2N7O2/c1-11(2)27-19(33)10-34-18-8-14(24)12(7-15(18)25)21-29-22(32(4)31(21)3)28-17-6-5-16-13(20(17)23)9-26-30-16/h5-9,11,21H,10H2,1-4H3,(H,26,30)(H,27,33)(H,28,29). The van der Waals surface area contributed by atoms with Crippen molar-refractivity contribution in [3.05, 3.63) is 52.7 Å². The number of anilines is 1. The van der Waals surface area contributed by atoms with E-state index in [1.54, 1.807) is 50.2 Å². The average Bonchev–Trinajstić information content (AvgIpc) is 3.36. The number of benzene rings is 2. The molecule has 0 aliphatic carbocycles. The van der Waals surface area contributed by atoms with Gasteiger partial charge < -0.3 is 15.4 Å². The first-order valence-corrected chi connectivity index (χ1v) is 10.9. The Labute approximate surface area is 199 Å². The van der Waals surface area contributed by atoms with E-state index in [2.05, 4.69) is 25.8 Å². The Hall–Kier alpha value is -3.44. The lowest BCUT2D eigenvalue weighted by Crippen LogP contribution is -2.39. The number of aromatic amines is 1. The Kier molecular flexibility index (Phi) is 6.58. The number of carbonyl (C=O) groups is 1. The fourth-order valence-corrected chi connectivity index (χ4v) is 3.80. The van der Waals surface area contributed by atoms with Crippen LogP contribution in [0.15, 0.2) is 35.5 Å². The van der Waals surface area contributed by atoms with Crippen molar-refractivity contribution in [1.29, 1.82) is 0 Å². The summed E-state index contributed by atoms with van der Waals surface area (Å²) in [5.74, 6) is -1.90. The number of halogens is 3. The normalized spacial score (nSPS) is 16.3. The molecule has 1 amide bonds. The summed E-state index contributed by atoms with van der Waals surface area (Å²) in [4.78, 5) is 16.3. The largest absolute Gasteiger partial charge is 0.481 e. The molecule has 0 radical (unpaired) electrons. The molecule has 0 saturated heterocycles. The molecule has 180 valence electrons. The molecule has 1 unspecified atom stereocenters. The number of carbonyl (C=O) groups excluding carboxylic acids is 1. The number of hydrogen-bond donors (Lipinski definition) is 3. The number of H-pyrrole nitrogens is 1. The van der Waals surface area contributed by atoms with Crippen LogP contribution in [-0.4, -0.2) is 58.8 Å². The highest BCUT2D eigenvalue weighted by Crippen LogP contribution is 2.35. The van der Waals surface area contributed by atoms with Crippen LogP contribution in [0, 0.1) is 11.6 Å². The Morgan fingerprint density at radius 3 is 2.76 bits per heavy atom. The Balaban J connectivity index is 1.55. The van der Waals surface area contributed by atoms with Crippen molar-refractivity contribution < 1.29 is 18.3 Å². The molecule has 34 heavy (non-hydrogen) atoms. The van der Waals surface area contributed by atoms with Gasteiger partial charge in [0.2, 0.25) is 5.96 Å². The molecule has 4 rings (SSSR count). The van der Waals surface area contributed by atoms with E-state index < -0.39 is 30.3 Å². The highest BCUT2D eigenvalue weighted by molar-refractivity contribution is 6.38. The zero-order valence-electron chi connectivity index (χ0n) is 19.0. The van der Waals surface area contributed by atoms with Crippen LogP contribution in [0.5, 0.6) is 5.75 Å². The summed E-state index contributed by atoms with van der Waals surface area (Å²) in [6, 6.07) is 5.45. The minimum Gasteiger partial charge on any atom is -0.481 e. The molecule has 2 heterocycles. The van der Waals surface area contributed by atoms with Crippen LogP contribution < -0.4 is 15.4 Å². The van der Waals surface area contributed by atoms with E-state index in [0.717, 1.165) is 23.0 Å². The zero-order chi connectivity index (χ0) is 24.6. The van der Waals surface area contributed by atoms with Gasteiger partial charge >= 0.3 is 0 Å². The maximum Gasteiger partial charge on any atom is 0.258 e. The molecular weight excluding hydrogens is 468 g/mol. The second kappa shape index (κ2) is 9.43. The fourth-order valence-electron chi connectivity index (χ4n) is 3.54. The van der Waals surface area contributed by atoms with Gasteiger partial charge in [-0.2, -0.15) is 10.1 Å². The summed E-state index contributed by atoms with van der Waals surface area (Å²) in [6.45, 7) is 3.15. The number of nitrogens with zero attached hydrogens (tertiary/aromatic N) is 4. The van der Waals surface area contributed by atoms with E-state index in [1.807, 2.05) is 6.07 Å². The molecule has 3 aromatic rings. The van der Waals surface area contributed by atoms with E-state index in [-0.39, 0.29) is 17.4 Å². The van der Waals surface area contributed by atoms with Crippen molar-refractivity contribution in [1.82, 2.24) is 25.5 Å². The third-order valence-corrected chi connectivity index (χ3v) is 5.73. The van der Waals surface area contributed by atoms with Crippen molar-refractivity contribution in [2.45, 2.75) is 26.1 Å². The van der Waals surface area contributed by atoms with Crippen LogP contribution in [-0.2, 0) is 4.79 Å². The molecule has 1 aromatic heterocycles. The molecule has 0 saturated carbocycles. The second-order valence-corrected chi connectivity index (χ2v) is 8.50. The number of ether oxygens (including phenoxy) is 1. The monoisotopic (exact) mass is 491 g/mol. The summed E-state index contributed by atoms with van der Waals surface area (Å²) < 4.78 is 34.8. The molecular formula is C22H24ClF2N7O2. The molecule has 1 atom stereocenters. The van der Waals surface area contributed by atoms with Gasteiger partial charge in [0.15, 0.2) is 24.3 Å². The molecule has 2 aromatic carbocycles. The Morgan fingerprint density at radius 1 is 1.26 bits per heavy atom. The highest BCUT2D eigenvalue weighted by atomic mass is 35.5. The fraction of sp³-hybridized carbons (Fsp3) is 0.318. The van der Waals surface area contributed by atoms with Gasteiger partial charge in [0.05, 0.1) is 22.4 Å².